The number of nitrogens with zero attached hydrogens (tertiary/aromatic N) is 2. The molecule has 2 aliphatic carbocycles. The number of likely N-dealkylation sites (tertiary alicyclic amines) is 1. The lowest BCUT2D eigenvalue weighted by atomic mass is 9.56. The van der Waals surface area contributed by atoms with Crippen LogP contribution in [0.1, 0.15) is 57.6 Å². The zero-order valence-electron chi connectivity index (χ0n) is 18.5. The van der Waals surface area contributed by atoms with E-state index in [0.717, 1.165) is 51.0 Å². The molecule has 6 aliphatic rings. The van der Waals surface area contributed by atoms with Crippen LogP contribution in [0.25, 0.3) is 0 Å². The lowest BCUT2D eigenvalue weighted by molar-refractivity contribution is -0.168. The predicted octanol–water partition coefficient (Wildman–Crippen LogP) is 2.55. The third kappa shape index (κ3) is 2.36. The monoisotopic (exact) mass is 424 g/mol. The van der Waals surface area contributed by atoms with Crippen LogP contribution in [0.5, 0.6) is 0 Å². The van der Waals surface area contributed by atoms with E-state index in [1.807, 2.05) is 10.6 Å². The normalized spacial score (nSPS) is 50.0. The zero-order chi connectivity index (χ0) is 21.1. The maximum absolute atomic E-state index is 13.5. The SMILES string of the molecule is C[C@@H]1CC[C@H]2C(N3C[C@@H]4C[C@H](C3)c3cccc(=O)n3C4)C(=O)O[C@]23[C@H]1CC[C@@]1(C)O[C@@H]31. The van der Waals surface area contributed by atoms with Crippen molar-refractivity contribution in [3.05, 3.63) is 34.2 Å². The molecule has 0 aromatic carbocycles. The number of carbonyl (C=O) groups is 1. The fourth-order valence-electron chi connectivity index (χ4n) is 8.50. The Morgan fingerprint density at radius 3 is 2.81 bits per heavy atom. The molecule has 2 saturated carbocycles. The van der Waals surface area contributed by atoms with E-state index >= 15 is 0 Å². The Labute approximate surface area is 182 Å². The van der Waals surface area contributed by atoms with Crippen molar-refractivity contribution in [2.24, 2.45) is 23.7 Å². The van der Waals surface area contributed by atoms with Crippen molar-refractivity contribution in [1.29, 1.82) is 0 Å². The van der Waals surface area contributed by atoms with Gasteiger partial charge in [-0.2, -0.15) is 0 Å². The van der Waals surface area contributed by atoms with Gasteiger partial charge >= 0.3 is 5.97 Å². The van der Waals surface area contributed by atoms with Crippen molar-refractivity contribution in [2.45, 2.75) is 81.8 Å². The summed E-state index contributed by atoms with van der Waals surface area (Å²) in [6.45, 7) is 7.04. The van der Waals surface area contributed by atoms with E-state index in [-0.39, 0.29) is 35.2 Å². The average molecular weight is 425 g/mol. The Balaban J connectivity index is 1.24. The minimum absolute atomic E-state index is 0.0192. The van der Waals surface area contributed by atoms with Gasteiger partial charge in [-0.25, -0.2) is 0 Å². The van der Waals surface area contributed by atoms with Crippen molar-refractivity contribution < 1.29 is 14.3 Å². The van der Waals surface area contributed by atoms with Gasteiger partial charge in [0, 0.05) is 49.1 Å². The predicted molar refractivity (Wildman–Crippen MR) is 114 cm³/mol. The summed E-state index contributed by atoms with van der Waals surface area (Å²) in [6.07, 6.45) is 5.60. The highest BCUT2D eigenvalue weighted by Gasteiger charge is 2.78. The van der Waals surface area contributed by atoms with Crippen LogP contribution in [-0.2, 0) is 20.8 Å². The molecule has 6 nitrogen and oxygen atoms in total. The fraction of sp³-hybridized carbons (Fsp3) is 0.760. The third-order valence-corrected chi connectivity index (χ3v) is 9.83. The molecule has 31 heavy (non-hydrogen) atoms. The van der Waals surface area contributed by atoms with Gasteiger partial charge in [-0.15, -0.1) is 0 Å². The topological polar surface area (TPSA) is 64.1 Å². The quantitative estimate of drug-likeness (QED) is 0.512. The summed E-state index contributed by atoms with van der Waals surface area (Å²) >= 11 is 0. The number of piperidine rings is 1. The van der Waals surface area contributed by atoms with E-state index in [4.69, 9.17) is 9.47 Å². The van der Waals surface area contributed by atoms with Crippen LogP contribution in [0, 0.1) is 23.7 Å². The van der Waals surface area contributed by atoms with Crippen LogP contribution in [0.3, 0.4) is 0 Å². The van der Waals surface area contributed by atoms with Gasteiger partial charge in [-0.05, 0) is 56.9 Å². The zero-order valence-corrected chi connectivity index (χ0v) is 18.5. The second kappa shape index (κ2) is 6.02. The molecular weight excluding hydrogens is 392 g/mol. The number of rotatable bonds is 1. The van der Waals surface area contributed by atoms with Crippen molar-refractivity contribution in [3.63, 3.8) is 0 Å². The molecule has 4 aliphatic heterocycles. The van der Waals surface area contributed by atoms with Gasteiger partial charge in [0.05, 0.1) is 5.60 Å². The first-order valence-corrected chi connectivity index (χ1v) is 12.3. The summed E-state index contributed by atoms with van der Waals surface area (Å²) in [5.41, 5.74) is 0.727. The Hall–Kier alpha value is -1.66. The molecule has 1 spiro atoms. The van der Waals surface area contributed by atoms with Gasteiger partial charge < -0.3 is 14.0 Å². The number of carbonyl (C=O) groups excluding carboxylic acids is 1. The molecule has 5 heterocycles. The Bertz CT molecular complexity index is 1020. The molecule has 0 radical (unpaired) electrons. The summed E-state index contributed by atoms with van der Waals surface area (Å²) in [7, 11) is 0. The molecule has 5 fully saturated rings. The number of aromatic nitrogens is 1. The smallest absolute Gasteiger partial charge is 0.324 e. The minimum Gasteiger partial charge on any atom is -0.454 e. The lowest BCUT2D eigenvalue weighted by Crippen LogP contribution is -2.61. The summed E-state index contributed by atoms with van der Waals surface area (Å²) < 4.78 is 14.7. The summed E-state index contributed by atoms with van der Waals surface area (Å²) in [4.78, 5) is 28.3. The lowest BCUT2D eigenvalue weighted by Gasteiger charge is -2.51. The maximum Gasteiger partial charge on any atom is 0.324 e. The van der Waals surface area contributed by atoms with Gasteiger partial charge in [0.2, 0.25) is 0 Å². The van der Waals surface area contributed by atoms with E-state index in [1.54, 1.807) is 6.07 Å². The van der Waals surface area contributed by atoms with Crippen molar-refractivity contribution in [2.75, 3.05) is 13.1 Å². The van der Waals surface area contributed by atoms with Crippen LogP contribution in [0.2, 0.25) is 0 Å². The van der Waals surface area contributed by atoms with Crippen LogP contribution in [0.15, 0.2) is 23.0 Å². The summed E-state index contributed by atoms with van der Waals surface area (Å²) in [6, 6.07) is 5.49. The van der Waals surface area contributed by atoms with Crippen LogP contribution >= 0.6 is 0 Å². The fourth-order valence-corrected chi connectivity index (χ4v) is 8.50. The van der Waals surface area contributed by atoms with E-state index < -0.39 is 5.60 Å². The van der Waals surface area contributed by atoms with E-state index in [9.17, 15) is 9.59 Å². The Morgan fingerprint density at radius 2 is 1.94 bits per heavy atom. The highest BCUT2D eigenvalue weighted by atomic mass is 16.7. The third-order valence-electron chi connectivity index (χ3n) is 9.83. The second-order valence-corrected chi connectivity index (χ2v) is 11.5. The van der Waals surface area contributed by atoms with Gasteiger partial charge in [0.1, 0.15) is 17.7 Å². The van der Waals surface area contributed by atoms with Crippen molar-refractivity contribution in [1.82, 2.24) is 9.47 Å². The van der Waals surface area contributed by atoms with E-state index in [2.05, 4.69) is 24.8 Å². The highest BCUT2D eigenvalue weighted by molar-refractivity contribution is 5.80. The van der Waals surface area contributed by atoms with Crippen molar-refractivity contribution in [3.8, 4) is 0 Å². The molecular formula is C25H32N2O4. The maximum atomic E-state index is 13.5. The molecule has 1 aromatic rings. The van der Waals surface area contributed by atoms with E-state index in [1.165, 1.54) is 6.42 Å². The molecule has 3 saturated heterocycles. The first-order valence-electron chi connectivity index (χ1n) is 12.3. The second-order valence-electron chi connectivity index (χ2n) is 11.5. The van der Waals surface area contributed by atoms with Gasteiger partial charge in [0.15, 0.2) is 0 Å². The number of ether oxygens (including phenoxy) is 2. The number of pyridine rings is 1. The Morgan fingerprint density at radius 1 is 1.06 bits per heavy atom. The molecule has 2 bridgehead atoms. The van der Waals surface area contributed by atoms with Gasteiger partial charge in [-0.1, -0.05) is 13.0 Å². The van der Waals surface area contributed by atoms with Gasteiger partial charge in [-0.3, -0.25) is 14.5 Å². The first-order chi connectivity index (χ1) is 14.9. The van der Waals surface area contributed by atoms with Crippen LogP contribution < -0.4 is 5.56 Å². The first kappa shape index (κ1) is 18.9. The number of hydrogen-bond acceptors (Lipinski definition) is 5. The van der Waals surface area contributed by atoms with Gasteiger partial charge in [0.25, 0.3) is 5.56 Å². The molecule has 1 aromatic heterocycles. The average Bonchev–Trinajstić information content (AvgIpc) is 3.35. The summed E-state index contributed by atoms with van der Waals surface area (Å²) in [5, 5.41) is 0. The largest absolute Gasteiger partial charge is 0.454 e. The molecule has 7 rings (SSSR count). The number of fused-ring (bicyclic) bond motifs is 5. The number of hydrogen-bond donors (Lipinski definition) is 0. The molecule has 166 valence electrons. The number of esters is 1. The molecule has 0 N–H and O–H groups in total. The molecule has 0 amide bonds. The molecule has 6 heteroatoms. The number of epoxide rings is 1. The van der Waals surface area contributed by atoms with Crippen molar-refractivity contribution >= 4 is 5.97 Å². The standard InChI is InChI=1S/C25H32N2O4/c1-14-6-7-18-21(22(29)30-25(18)17(14)8-9-24(2)23(25)31-24)26-11-15-10-16(13-26)19-4-3-5-20(28)27(19)12-15/h3-5,14-18,21,23H,6-13H2,1-2H3/t14-,15+,16-,17+,18+,21?,23-,24-,25-/m1/s1. The highest BCUT2D eigenvalue weighted by Crippen LogP contribution is 2.66. The van der Waals surface area contributed by atoms with Crippen LogP contribution in [0.4, 0.5) is 0 Å². The molecule has 9 atom stereocenters. The van der Waals surface area contributed by atoms with E-state index in [0.29, 0.717) is 23.7 Å². The minimum atomic E-state index is -0.423. The Kier molecular flexibility index (Phi) is 3.66. The summed E-state index contributed by atoms with van der Waals surface area (Å²) in [5.74, 6) is 1.94. The van der Waals surface area contributed by atoms with Crippen LogP contribution in [-0.4, -0.2) is 51.9 Å². The molecule has 1 unspecified atom stereocenters.